The lowest BCUT2D eigenvalue weighted by molar-refractivity contribution is -0.129. The van der Waals surface area contributed by atoms with E-state index in [1.165, 1.54) is 5.56 Å². The van der Waals surface area contributed by atoms with Gasteiger partial charge in [-0.3, -0.25) is 9.79 Å². The Morgan fingerprint density at radius 3 is 2.60 bits per heavy atom. The third-order valence-corrected chi connectivity index (χ3v) is 4.67. The molecule has 25 heavy (non-hydrogen) atoms. The van der Waals surface area contributed by atoms with E-state index in [0.717, 1.165) is 38.3 Å². The van der Waals surface area contributed by atoms with Gasteiger partial charge in [-0.1, -0.05) is 37.3 Å². The Bertz CT molecular complexity index is 550. The molecule has 0 aliphatic carbocycles. The van der Waals surface area contributed by atoms with Gasteiger partial charge in [0.05, 0.1) is 6.04 Å². The number of nitrogens with zero attached hydrogens (tertiary/aromatic N) is 2. The molecule has 1 amide bonds. The van der Waals surface area contributed by atoms with Crippen LogP contribution in [0.1, 0.15) is 51.1 Å². The van der Waals surface area contributed by atoms with Crippen molar-refractivity contribution in [2.75, 3.05) is 20.1 Å². The molecule has 1 saturated heterocycles. The Morgan fingerprint density at radius 1 is 1.32 bits per heavy atom. The first-order chi connectivity index (χ1) is 11.7. The predicted molar refractivity (Wildman–Crippen MR) is 114 cm³/mol. The zero-order chi connectivity index (χ0) is 17.4. The number of aliphatic imine (C=N–C) groups is 1. The van der Waals surface area contributed by atoms with Gasteiger partial charge < -0.3 is 15.5 Å². The van der Waals surface area contributed by atoms with E-state index in [0.29, 0.717) is 18.4 Å². The topological polar surface area (TPSA) is 56.7 Å². The van der Waals surface area contributed by atoms with E-state index < -0.39 is 0 Å². The molecule has 2 unspecified atom stereocenters. The molecule has 0 aromatic heterocycles. The summed E-state index contributed by atoms with van der Waals surface area (Å²) in [5.74, 6) is 1.11. The molecule has 1 aromatic rings. The Kier molecular flexibility index (Phi) is 9.85. The second-order valence-electron chi connectivity index (χ2n) is 6.32. The molecular weight excluding hydrogens is 427 g/mol. The number of guanidine groups is 1. The second kappa shape index (κ2) is 11.3. The maximum absolute atomic E-state index is 11.9. The zero-order valence-electron chi connectivity index (χ0n) is 15.5. The van der Waals surface area contributed by atoms with Crippen molar-refractivity contribution in [3.05, 3.63) is 35.9 Å². The summed E-state index contributed by atoms with van der Waals surface area (Å²) in [6.07, 6.45) is 3.66. The van der Waals surface area contributed by atoms with Crippen molar-refractivity contribution in [1.82, 2.24) is 15.5 Å². The fourth-order valence-corrected chi connectivity index (χ4v) is 3.22. The molecule has 140 valence electrons. The number of carbonyl (C=O) groups excluding carboxylic acids is 1. The second-order valence-corrected chi connectivity index (χ2v) is 6.32. The van der Waals surface area contributed by atoms with Gasteiger partial charge in [0.1, 0.15) is 0 Å². The van der Waals surface area contributed by atoms with Gasteiger partial charge in [0, 0.05) is 32.6 Å². The minimum absolute atomic E-state index is 0. The standard InChI is InChI=1S/C19H30N4O.HI/c1-4-17(23-14-8-11-18(23)24)12-13-21-19(20-3)22-15(2)16-9-6-5-7-10-16;/h5-7,9-10,15,17H,4,8,11-14H2,1-3H3,(H2,20,21,22);1H. The number of amides is 1. The van der Waals surface area contributed by atoms with Crippen LogP contribution >= 0.6 is 24.0 Å². The lowest BCUT2D eigenvalue weighted by Crippen LogP contribution is -2.42. The fourth-order valence-electron chi connectivity index (χ4n) is 3.22. The van der Waals surface area contributed by atoms with Crippen LogP contribution in [0, 0.1) is 0 Å². The fraction of sp³-hybridized carbons (Fsp3) is 0.579. The van der Waals surface area contributed by atoms with E-state index in [4.69, 9.17) is 0 Å². The van der Waals surface area contributed by atoms with Crippen molar-refractivity contribution in [3.8, 4) is 0 Å². The molecule has 1 aliphatic heterocycles. The molecule has 0 bridgehead atoms. The van der Waals surface area contributed by atoms with E-state index in [1.54, 1.807) is 7.05 Å². The van der Waals surface area contributed by atoms with Crippen molar-refractivity contribution in [3.63, 3.8) is 0 Å². The first kappa shape index (κ1) is 21.7. The monoisotopic (exact) mass is 458 g/mol. The Morgan fingerprint density at radius 2 is 2.04 bits per heavy atom. The van der Waals surface area contributed by atoms with Crippen LogP contribution < -0.4 is 10.6 Å². The molecule has 5 nitrogen and oxygen atoms in total. The quantitative estimate of drug-likeness (QED) is 0.375. The predicted octanol–water partition coefficient (Wildman–Crippen LogP) is 3.32. The lowest BCUT2D eigenvalue weighted by atomic mass is 10.1. The highest BCUT2D eigenvalue weighted by Gasteiger charge is 2.26. The number of halogens is 1. The summed E-state index contributed by atoms with van der Waals surface area (Å²) in [5, 5.41) is 6.79. The van der Waals surface area contributed by atoms with E-state index in [9.17, 15) is 4.79 Å². The van der Waals surface area contributed by atoms with Crippen LogP contribution in [0.3, 0.4) is 0 Å². The first-order valence-electron chi connectivity index (χ1n) is 8.97. The van der Waals surface area contributed by atoms with Crippen LogP contribution in [-0.4, -0.2) is 42.9 Å². The molecule has 6 heteroatoms. The zero-order valence-corrected chi connectivity index (χ0v) is 17.8. The van der Waals surface area contributed by atoms with Crippen molar-refractivity contribution in [2.45, 2.75) is 51.6 Å². The summed E-state index contributed by atoms with van der Waals surface area (Å²) in [5.41, 5.74) is 1.23. The van der Waals surface area contributed by atoms with Crippen LogP contribution in [0.2, 0.25) is 0 Å². The number of likely N-dealkylation sites (tertiary alicyclic amines) is 1. The highest BCUT2D eigenvalue weighted by atomic mass is 127. The average molecular weight is 458 g/mol. The number of hydrogen-bond acceptors (Lipinski definition) is 2. The molecule has 2 rings (SSSR count). The number of hydrogen-bond donors (Lipinski definition) is 2. The lowest BCUT2D eigenvalue weighted by Gasteiger charge is -2.27. The summed E-state index contributed by atoms with van der Waals surface area (Å²) in [4.78, 5) is 18.2. The third-order valence-electron chi connectivity index (χ3n) is 4.67. The summed E-state index contributed by atoms with van der Waals surface area (Å²) < 4.78 is 0. The summed E-state index contributed by atoms with van der Waals surface area (Å²) in [6, 6.07) is 10.9. The smallest absolute Gasteiger partial charge is 0.222 e. The number of rotatable bonds is 7. The van der Waals surface area contributed by atoms with Gasteiger partial charge in [0.15, 0.2) is 5.96 Å². The van der Waals surface area contributed by atoms with Crippen molar-refractivity contribution in [2.24, 2.45) is 4.99 Å². The van der Waals surface area contributed by atoms with Crippen LogP contribution in [0.5, 0.6) is 0 Å². The maximum atomic E-state index is 11.9. The number of nitrogens with one attached hydrogen (secondary N) is 2. The largest absolute Gasteiger partial charge is 0.356 e. The van der Waals surface area contributed by atoms with Gasteiger partial charge in [-0.25, -0.2) is 0 Å². The van der Waals surface area contributed by atoms with E-state index in [1.807, 2.05) is 23.1 Å². The summed E-state index contributed by atoms with van der Waals surface area (Å²) in [7, 11) is 1.79. The third kappa shape index (κ3) is 6.49. The molecule has 0 radical (unpaired) electrons. The average Bonchev–Trinajstić information content (AvgIpc) is 3.04. The SMILES string of the molecule is CCC(CCNC(=NC)NC(C)c1ccccc1)N1CCCC1=O.I. The van der Waals surface area contributed by atoms with Crippen molar-refractivity contribution >= 4 is 35.8 Å². The van der Waals surface area contributed by atoms with Crippen molar-refractivity contribution in [1.29, 1.82) is 0 Å². The molecule has 1 aromatic carbocycles. The van der Waals surface area contributed by atoms with Crippen LogP contribution in [0.15, 0.2) is 35.3 Å². The van der Waals surface area contributed by atoms with E-state index in [2.05, 4.69) is 41.6 Å². The van der Waals surface area contributed by atoms with E-state index >= 15 is 0 Å². The highest BCUT2D eigenvalue weighted by Crippen LogP contribution is 2.17. The first-order valence-corrected chi connectivity index (χ1v) is 8.97. The Balaban J connectivity index is 0.00000312. The molecule has 2 N–H and O–H groups in total. The molecular formula is C19H31IN4O. The van der Waals surface area contributed by atoms with Gasteiger partial charge >= 0.3 is 0 Å². The van der Waals surface area contributed by atoms with E-state index in [-0.39, 0.29) is 30.0 Å². The summed E-state index contributed by atoms with van der Waals surface area (Å²) in [6.45, 7) is 6.00. The molecule has 0 saturated carbocycles. The van der Waals surface area contributed by atoms with Gasteiger partial charge in [0.25, 0.3) is 0 Å². The minimum Gasteiger partial charge on any atom is -0.356 e. The Hall–Kier alpha value is -1.31. The highest BCUT2D eigenvalue weighted by molar-refractivity contribution is 14.0. The molecule has 2 atom stereocenters. The maximum Gasteiger partial charge on any atom is 0.222 e. The molecule has 0 spiro atoms. The van der Waals surface area contributed by atoms with Gasteiger partial charge in [-0.15, -0.1) is 24.0 Å². The van der Waals surface area contributed by atoms with Gasteiger partial charge in [-0.05, 0) is 31.7 Å². The van der Waals surface area contributed by atoms with Crippen molar-refractivity contribution < 1.29 is 4.79 Å². The number of benzene rings is 1. The Labute approximate surface area is 168 Å². The molecule has 1 aliphatic rings. The molecule has 1 heterocycles. The van der Waals surface area contributed by atoms with Gasteiger partial charge in [0.2, 0.25) is 5.91 Å². The summed E-state index contributed by atoms with van der Waals surface area (Å²) >= 11 is 0. The minimum atomic E-state index is 0. The van der Waals surface area contributed by atoms with Gasteiger partial charge in [-0.2, -0.15) is 0 Å². The van der Waals surface area contributed by atoms with Crippen LogP contribution in [-0.2, 0) is 4.79 Å². The number of carbonyl (C=O) groups is 1. The van der Waals surface area contributed by atoms with Crippen LogP contribution in [0.25, 0.3) is 0 Å². The van der Waals surface area contributed by atoms with Crippen LogP contribution in [0.4, 0.5) is 0 Å². The normalized spacial score (nSPS) is 17.0. The molecule has 1 fully saturated rings.